The van der Waals surface area contributed by atoms with E-state index in [2.05, 4.69) is 15.8 Å². The highest BCUT2D eigenvalue weighted by molar-refractivity contribution is 6.40. The van der Waals surface area contributed by atoms with Crippen molar-refractivity contribution >= 4 is 58.5 Å². The van der Waals surface area contributed by atoms with Crippen LogP contribution in [-0.2, 0) is 9.59 Å². The van der Waals surface area contributed by atoms with E-state index in [1.54, 1.807) is 43.3 Å². The average molecular weight is 478 g/mol. The number of carbonyl (C=O) groups is 2. The van der Waals surface area contributed by atoms with E-state index in [0.717, 1.165) is 28.2 Å². The number of rotatable bonds is 4. The molecule has 0 aliphatic rings. The van der Waals surface area contributed by atoms with Gasteiger partial charge in [-0.2, -0.15) is 5.10 Å². The third kappa shape index (κ3) is 5.47. The van der Waals surface area contributed by atoms with Gasteiger partial charge in [-0.1, -0.05) is 40.9 Å². The predicted molar refractivity (Wildman–Crippen MR) is 126 cm³/mol. The number of amides is 2. The van der Waals surface area contributed by atoms with Crippen molar-refractivity contribution in [3.8, 4) is 5.69 Å². The monoisotopic (exact) mass is 476 g/mol. The van der Waals surface area contributed by atoms with Gasteiger partial charge in [0.2, 0.25) is 0 Å². The molecule has 0 bridgehead atoms. The third-order valence-corrected chi connectivity index (χ3v) is 5.27. The molecular weight excluding hydrogens is 459 g/mol. The number of nitrogens with one attached hydrogen (secondary N) is 2. The molecule has 0 atom stereocenters. The van der Waals surface area contributed by atoms with Crippen LogP contribution in [0.5, 0.6) is 0 Å². The topological polar surface area (TPSA) is 75.5 Å². The Morgan fingerprint density at radius 2 is 1.58 bits per heavy atom. The normalized spacial score (nSPS) is 11.0. The Bertz CT molecular complexity index is 1180. The zero-order valence-electron chi connectivity index (χ0n) is 17.0. The van der Waals surface area contributed by atoms with Crippen molar-refractivity contribution in [3.63, 3.8) is 0 Å². The van der Waals surface area contributed by atoms with Gasteiger partial charge in [0.25, 0.3) is 0 Å². The van der Waals surface area contributed by atoms with E-state index in [1.165, 1.54) is 6.21 Å². The molecule has 2 amide bonds. The molecule has 9 heteroatoms. The largest absolute Gasteiger partial charge is 0.329 e. The minimum atomic E-state index is -0.897. The standard InChI is InChI=1S/C22H19Cl3N4O2/c1-12-4-5-16(23)10-20(12)27-21(30)22(31)28-26-11-15-6-13(2)29(14(15)3)19-8-17(24)7-18(25)9-19/h4-11H,1-3H3,(H,27,30)(H,28,31)/b26-11-. The zero-order chi connectivity index (χ0) is 22.7. The van der Waals surface area contributed by atoms with Crippen molar-refractivity contribution in [2.75, 3.05) is 5.32 Å². The summed E-state index contributed by atoms with van der Waals surface area (Å²) in [4.78, 5) is 24.2. The predicted octanol–water partition coefficient (Wildman–Crippen LogP) is 5.45. The van der Waals surface area contributed by atoms with Gasteiger partial charge in [-0.05, 0) is 62.7 Å². The van der Waals surface area contributed by atoms with Crippen LogP contribution >= 0.6 is 34.8 Å². The van der Waals surface area contributed by atoms with Crippen molar-refractivity contribution < 1.29 is 9.59 Å². The number of aryl methyl sites for hydroxylation is 2. The van der Waals surface area contributed by atoms with Crippen LogP contribution in [0.2, 0.25) is 15.1 Å². The van der Waals surface area contributed by atoms with Crippen LogP contribution in [0.15, 0.2) is 47.6 Å². The number of hydrogen-bond acceptors (Lipinski definition) is 3. The van der Waals surface area contributed by atoms with E-state index in [0.29, 0.717) is 20.8 Å². The SMILES string of the molecule is Cc1ccc(Cl)cc1NC(=O)C(=O)N/N=C\c1cc(C)n(-c2cc(Cl)cc(Cl)c2)c1C. The summed E-state index contributed by atoms with van der Waals surface area (Å²) in [5.74, 6) is -1.74. The van der Waals surface area contributed by atoms with Crippen molar-refractivity contribution in [2.45, 2.75) is 20.8 Å². The molecule has 2 aromatic carbocycles. The van der Waals surface area contributed by atoms with Gasteiger partial charge >= 0.3 is 11.8 Å². The molecule has 0 aliphatic heterocycles. The summed E-state index contributed by atoms with van der Waals surface area (Å²) in [5.41, 5.74) is 6.85. The third-order valence-electron chi connectivity index (χ3n) is 4.60. The van der Waals surface area contributed by atoms with Gasteiger partial charge in [0, 0.05) is 43.4 Å². The van der Waals surface area contributed by atoms with Crippen LogP contribution < -0.4 is 10.7 Å². The Kier molecular flexibility index (Phi) is 7.05. The summed E-state index contributed by atoms with van der Waals surface area (Å²) in [5, 5.41) is 7.94. The second-order valence-electron chi connectivity index (χ2n) is 6.90. The van der Waals surface area contributed by atoms with Gasteiger partial charge < -0.3 is 9.88 Å². The Morgan fingerprint density at radius 3 is 2.26 bits per heavy atom. The molecule has 6 nitrogen and oxygen atoms in total. The molecule has 0 unspecified atom stereocenters. The Labute approximate surface area is 194 Å². The Morgan fingerprint density at radius 1 is 0.903 bits per heavy atom. The fraction of sp³-hybridized carbons (Fsp3) is 0.136. The minimum absolute atomic E-state index is 0.454. The number of anilines is 1. The number of nitrogens with zero attached hydrogens (tertiary/aromatic N) is 2. The highest BCUT2D eigenvalue weighted by Crippen LogP contribution is 2.26. The van der Waals surface area contributed by atoms with Crippen LogP contribution in [-0.4, -0.2) is 22.6 Å². The van der Waals surface area contributed by atoms with Gasteiger partial charge in [0.1, 0.15) is 0 Å². The molecule has 1 aromatic heterocycles. The first-order chi connectivity index (χ1) is 14.7. The summed E-state index contributed by atoms with van der Waals surface area (Å²) >= 11 is 18.2. The number of benzene rings is 2. The minimum Gasteiger partial charge on any atom is -0.318 e. The Hall–Kier alpha value is -2.80. The van der Waals surface area contributed by atoms with Crippen molar-refractivity contribution in [3.05, 3.63) is 80.0 Å². The van der Waals surface area contributed by atoms with Gasteiger partial charge in [0.15, 0.2) is 0 Å². The molecule has 0 saturated carbocycles. The summed E-state index contributed by atoms with van der Waals surface area (Å²) in [7, 11) is 0. The van der Waals surface area contributed by atoms with Crippen molar-refractivity contribution in [1.29, 1.82) is 0 Å². The van der Waals surface area contributed by atoms with Crippen molar-refractivity contribution in [1.82, 2.24) is 9.99 Å². The number of halogens is 3. The van der Waals surface area contributed by atoms with Crippen molar-refractivity contribution in [2.24, 2.45) is 5.10 Å². The smallest absolute Gasteiger partial charge is 0.318 e. The summed E-state index contributed by atoms with van der Waals surface area (Å²) in [6, 6.07) is 12.2. The molecule has 0 fully saturated rings. The first-order valence-electron chi connectivity index (χ1n) is 9.21. The highest BCUT2D eigenvalue weighted by atomic mass is 35.5. The van der Waals surface area contributed by atoms with Crippen LogP contribution in [0.3, 0.4) is 0 Å². The molecule has 2 N–H and O–H groups in total. The molecule has 0 radical (unpaired) electrons. The second kappa shape index (κ2) is 9.56. The lowest BCUT2D eigenvalue weighted by Crippen LogP contribution is -2.32. The lowest BCUT2D eigenvalue weighted by Gasteiger charge is -2.10. The first-order valence-corrected chi connectivity index (χ1v) is 10.3. The highest BCUT2D eigenvalue weighted by Gasteiger charge is 2.15. The van der Waals surface area contributed by atoms with Gasteiger partial charge in [0.05, 0.1) is 6.21 Å². The number of carbonyl (C=O) groups excluding carboxylic acids is 2. The zero-order valence-corrected chi connectivity index (χ0v) is 19.2. The van der Waals surface area contributed by atoms with Gasteiger partial charge in [-0.3, -0.25) is 9.59 Å². The summed E-state index contributed by atoms with van der Waals surface area (Å²) in [6.07, 6.45) is 1.47. The van der Waals surface area contributed by atoms with Crippen LogP contribution in [0.1, 0.15) is 22.5 Å². The number of hydrazone groups is 1. The molecule has 0 saturated heterocycles. The van der Waals surface area contributed by atoms with Crippen LogP contribution in [0, 0.1) is 20.8 Å². The summed E-state index contributed by atoms with van der Waals surface area (Å²) in [6.45, 7) is 5.63. The van der Waals surface area contributed by atoms with E-state index in [-0.39, 0.29) is 0 Å². The molecular formula is C22H19Cl3N4O2. The summed E-state index contributed by atoms with van der Waals surface area (Å²) < 4.78 is 1.97. The van der Waals surface area contributed by atoms with Crippen LogP contribution in [0.4, 0.5) is 5.69 Å². The number of aromatic nitrogens is 1. The molecule has 1 heterocycles. The number of hydrogen-bond donors (Lipinski definition) is 2. The van der Waals surface area contributed by atoms with E-state index in [1.807, 2.05) is 24.5 Å². The van der Waals surface area contributed by atoms with Gasteiger partial charge in [-0.15, -0.1) is 0 Å². The second-order valence-corrected chi connectivity index (χ2v) is 8.21. The van der Waals surface area contributed by atoms with Crippen LogP contribution in [0.25, 0.3) is 5.69 Å². The fourth-order valence-electron chi connectivity index (χ4n) is 3.10. The molecule has 0 aliphatic carbocycles. The molecule has 31 heavy (non-hydrogen) atoms. The van der Waals surface area contributed by atoms with E-state index in [9.17, 15) is 9.59 Å². The lowest BCUT2D eigenvalue weighted by atomic mass is 10.2. The molecule has 0 spiro atoms. The van der Waals surface area contributed by atoms with Gasteiger partial charge in [-0.25, -0.2) is 5.43 Å². The maximum atomic E-state index is 12.1. The van der Waals surface area contributed by atoms with E-state index in [4.69, 9.17) is 34.8 Å². The molecule has 3 rings (SSSR count). The Balaban J connectivity index is 1.71. The average Bonchev–Trinajstić information content (AvgIpc) is 2.97. The lowest BCUT2D eigenvalue weighted by molar-refractivity contribution is -0.136. The maximum absolute atomic E-state index is 12.1. The molecule has 160 valence electrons. The first kappa shape index (κ1) is 22.9. The molecule has 3 aromatic rings. The van der Waals surface area contributed by atoms with E-state index < -0.39 is 11.8 Å². The quantitative estimate of drug-likeness (QED) is 0.298. The fourth-order valence-corrected chi connectivity index (χ4v) is 3.79. The maximum Gasteiger partial charge on any atom is 0.329 e. The van der Waals surface area contributed by atoms with E-state index >= 15 is 0 Å².